The first-order chi connectivity index (χ1) is 6.82. The van der Waals surface area contributed by atoms with Gasteiger partial charge in [0.2, 0.25) is 0 Å². The summed E-state index contributed by atoms with van der Waals surface area (Å²) in [6.45, 7) is 6.48. The van der Waals surface area contributed by atoms with Gasteiger partial charge >= 0.3 is 0 Å². The number of hydrogen-bond donors (Lipinski definition) is 0. The lowest BCUT2D eigenvalue weighted by Crippen LogP contribution is -2.33. The van der Waals surface area contributed by atoms with Crippen molar-refractivity contribution < 1.29 is 4.79 Å². The average Bonchev–Trinajstić information content (AvgIpc) is 2.05. The van der Waals surface area contributed by atoms with Crippen LogP contribution in [0.5, 0.6) is 0 Å². The number of ketones is 1. The van der Waals surface area contributed by atoms with Gasteiger partial charge in [-0.25, -0.2) is 0 Å². The fourth-order valence-electron chi connectivity index (χ4n) is 2.24. The third kappa shape index (κ3) is 3.08. The van der Waals surface area contributed by atoms with Crippen LogP contribution in [0.2, 0.25) is 0 Å². The molecule has 2 nitrogen and oxygen atoms in total. The topological polar surface area (TPSA) is 20.3 Å². The Labute approximate surface area is 93.3 Å². The van der Waals surface area contributed by atoms with Crippen molar-refractivity contribution in [2.75, 3.05) is 14.1 Å². The van der Waals surface area contributed by atoms with Crippen LogP contribution in [0.25, 0.3) is 0 Å². The first-order valence-corrected chi connectivity index (χ1v) is 5.73. The second-order valence-electron chi connectivity index (χ2n) is 5.79. The van der Waals surface area contributed by atoms with Crippen molar-refractivity contribution >= 4 is 5.78 Å². The molecule has 15 heavy (non-hydrogen) atoms. The molecule has 0 spiro atoms. The molecule has 1 saturated carbocycles. The zero-order valence-electron chi connectivity index (χ0n) is 10.6. The van der Waals surface area contributed by atoms with Crippen LogP contribution in [0.3, 0.4) is 0 Å². The van der Waals surface area contributed by atoms with Gasteiger partial charge in [0.05, 0.1) is 0 Å². The van der Waals surface area contributed by atoms with Gasteiger partial charge < -0.3 is 4.90 Å². The minimum atomic E-state index is 0.100. The predicted molar refractivity (Wildman–Crippen MR) is 63.6 cm³/mol. The number of hydrogen-bond acceptors (Lipinski definition) is 2. The van der Waals surface area contributed by atoms with Crippen molar-refractivity contribution in [1.29, 1.82) is 0 Å². The largest absolute Gasteiger partial charge is 0.383 e. The number of Topliss-reactive ketones (excluding diaryl/α,β-unsaturated/α-hetero) is 1. The fraction of sp³-hybridized carbons (Fsp3) is 0.769. The Morgan fingerprint density at radius 1 is 1.33 bits per heavy atom. The zero-order chi connectivity index (χ0) is 11.6. The van der Waals surface area contributed by atoms with E-state index in [2.05, 4.69) is 20.8 Å². The van der Waals surface area contributed by atoms with Crippen molar-refractivity contribution in [3.63, 3.8) is 0 Å². The molecule has 1 unspecified atom stereocenters. The Hall–Kier alpha value is -0.790. The van der Waals surface area contributed by atoms with Crippen molar-refractivity contribution in [1.82, 2.24) is 4.90 Å². The van der Waals surface area contributed by atoms with Crippen LogP contribution in [0.4, 0.5) is 0 Å². The fourth-order valence-corrected chi connectivity index (χ4v) is 2.24. The Morgan fingerprint density at radius 3 is 2.40 bits per heavy atom. The molecule has 0 N–H and O–H groups in total. The Bertz CT molecular complexity index is 271. The first kappa shape index (κ1) is 12.3. The lowest BCUT2D eigenvalue weighted by molar-refractivity contribution is -0.123. The van der Waals surface area contributed by atoms with Gasteiger partial charge in [0.15, 0.2) is 5.78 Å². The molecule has 0 aromatic rings. The molecule has 2 heteroatoms. The van der Waals surface area contributed by atoms with Gasteiger partial charge in [0.1, 0.15) is 0 Å². The highest BCUT2D eigenvalue weighted by Crippen LogP contribution is 2.37. The molecule has 86 valence electrons. The number of carbonyl (C=O) groups excluding carboxylic acids is 1. The highest BCUT2D eigenvalue weighted by atomic mass is 16.1. The first-order valence-electron chi connectivity index (χ1n) is 5.73. The van der Waals surface area contributed by atoms with Crippen LogP contribution < -0.4 is 0 Å². The standard InChI is InChI=1S/C13H23NO/c1-13(2,3)11-8-6-7-10(12(11)15)9-14(4)5/h9,11H,6-8H2,1-5H3. The van der Waals surface area contributed by atoms with E-state index < -0.39 is 0 Å². The molecular formula is C13H23NO. The van der Waals surface area contributed by atoms with E-state index in [1.807, 2.05) is 25.2 Å². The maximum Gasteiger partial charge on any atom is 0.163 e. The monoisotopic (exact) mass is 209 g/mol. The molecule has 0 bridgehead atoms. The third-order valence-corrected chi connectivity index (χ3v) is 3.03. The summed E-state index contributed by atoms with van der Waals surface area (Å²) in [5, 5.41) is 0. The number of carbonyl (C=O) groups is 1. The van der Waals surface area contributed by atoms with Gasteiger partial charge in [0.25, 0.3) is 0 Å². The van der Waals surface area contributed by atoms with Gasteiger partial charge in [-0.1, -0.05) is 20.8 Å². The molecule has 1 atom stereocenters. The summed E-state index contributed by atoms with van der Waals surface area (Å²) in [7, 11) is 3.95. The van der Waals surface area contributed by atoms with Crippen molar-refractivity contribution in [3.05, 3.63) is 11.8 Å². The normalized spacial score (nSPS) is 25.8. The number of rotatable bonds is 1. The molecule has 0 heterocycles. The number of allylic oxidation sites excluding steroid dienone is 1. The summed E-state index contributed by atoms with van der Waals surface area (Å²) in [6, 6.07) is 0. The molecule has 1 aliphatic rings. The van der Waals surface area contributed by atoms with Crippen LogP contribution in [0, 0.1) is 11.3 Å². The number of nitrogens with zero attached hydrogens (tertiary/aromatic N) is 1. The highest BCUT2D eigenvalue weighted by Gasteiger charge is 2.35. The Morgan fingerprint density at radius 2 is 1.93 bits per heavy atom. The summed E-state index contributed by atoms with van der Waals surface area (Å²) in [5.74, 6) is 0.569. The molecule has 0 aromatic heterocycles. The summed E-state index contributed by atoms with van der Waals surface area (Å²) >= 11 is 0. The molecule has 0 radical (unpaired) electrons. The smallest absolute Gasteiger partial charge is 0.163 e. The molecule has 0 aliphatic heterocycles. The second-order valence-corrected chi connectivity index (χ2v) is 5.79. The average molecular weight is 209 g/mol. The zero-order valence-corrected chi connectivity index (χ0v) is 10.6. The van der Waals surface area contributed by atoms with Gasteiger partial charge in [-0.3, -0.25) is 4.79 Å². The van der Waals surface area contributed by atoms with Gasteiger partial charge in [0, 0.05) is 31.8 Å². The molecule has 1 rings (SSSR count). The summed E-state index contributed by atoms with van der Waals surface area (Å²) in [4.78, 5) is 14.2. The van der Waals surface area contributed by atoms with E-state index in [0.717, 1.165) is 24.8 Å². The molecule has 1 aliphatic carbocycles. The molecule has 0 aromatic carbocycles. The molecule has 0 amide bonds. The van der Waals surface area contributed by atoms with Crippen LogP contribution in [0.1, 0.15) is 40.0 Å². The van der Waals surface area contributed by atoms with Gasteiger partial charge in [-0.05, 0) is 24.7 Å². The molecule has 1 fully saturated rings. The van der Waals surface area contributed by atoms with Crippen LogP contribution in [-0.2, 0) is 4.79 Å². The second kappa shape index (κ2) is 4.38. The van der Waals surface area contributed by atoms with Crippen LogP contribution in [-0.4, -0.2) is 24.8 Å². The van der Waals surface area contributed by atoms with E-state index in [9.17, 15) is 4.79 Å². The maximum atomic E-state index is 12.2. The lowest BCUT2D eigenvalue weighted by atomic mass is 9.70. The molecule has 0 saturated heterocycles. The quantitative estimate of drug-likeness (QED) is 0.619. The van der Waals surface area contributed by atoms with Gasteiger partial charge in [-0.15, -0.1) is 0 Å². The summed E-state index contributed by atoms with van der Waals surface area (Å²) in [5.41, 5.74) is 1.11. The molecular weight excluding hydrogens is 186 g/mol. The Kier molecular flexibility index (Phi) is 3.58. The van der Waals surface area contributed by atoms with Gasteiger partial charge in [-0.2, -0.15) is 0 Å². The van der Waals surface area contributed by atoms with Crippen molar-refractivity contribution in [3.8, 4) is 0 Å². The Balaban J connectivity index is 2.85. The lowest BCUT2D eigenvalue weighted by Gasteiger charge is -2.33. The SMILES string of the molecule is CN(C)C=C1CCCC(C(C)(C)C)C1=O. The van der Waals surface area contributed by atoms with E-state index in [4.69, 9.17) is 0 Å². The third-order valence-electron chi connectivity index (χ3n) is 3.03. The van der Waals surface area contributed by atoms with E-state index >= 15 is 0 Å². The van der Waals surface area contributed by atoms with E-state index in [1.54, 1.807) is 0 Å². The summed E-state index contributed by atoms with van der Waals surface area (Å²) in [6.07, 6.45) is 5.13. The van der Waals surface area contributed by atoms with E-state index in [1.165, 1.54) is 0 Å². The highest BCUT2D eigenvalue weighted by molar-refractivity contribution is 5.98. The summed E-state index contributed by atoms with van der Waals surface area (Å²) < 4.78 is 0. The van der Waals surface area contributed by atoms with E-state index in [0.29, 0.717) is 5.78 Å². The minimum Gasteiger partial charge on any atom is -0.383 e. The van der Waals surface area contributed by atoms with Crippen molar-refractivity contribution in [2.24, 2.45) is 11.3 Å². The predicted octanol–water partition coefficient (Wildman–Crippen LogP) is 2.85. The van der Waals surface area contributed by atoms with Crippen LogP contribution >= 0.6 is 0 Å². The van der Waals surface area contributed by atoms with Crippen LogP contribution in [0.15, 0.2) is 11.8 Å². The minimum absolute atomic E-state index is 0.100. The maximum absolute atomic E-state index is 12.2. The van der Waals surface area contributed by atoms with E-state index in [-0.39, 0.29) is 11.3 Å². The van der Waals surface area contributed by atoms with Crippen molar-refractivity contribution in [2.45, 2.75) is 40.0 Å².